The first-order valence-corrected chi connectivity index (χ1v) is 7.79. The highest BCUT2D eigenvalue weighted by atomic mass is 35.5. The van der Waals surface area contributed by atoms with Crippen molar-refractivity contribution in [1.29, 1.82) is 5.26 Å². The lowest BCUT2D eigenvalue weighted by molar-refractivity contribution is -0.0511. The van der Waals surface area contributed by atoms with Crippen LogP contribution in [0.25, 0.3) is 22.7 Å². The van der Waals surface area contributed by atoms with Gasteiger partial charge in [-0.05, 0) is 35.9 Å². The SMILES string of the molecule is COc1cc(/C=C(\C#N)c2nc3ccccc3[nH]2)cc(Cl)c1OC(F)F. The number of benzene rings is 2. The fraction of sp³-hybridized carbons (Fsp3) is 0.111. The van der Waals surface area contributed by atoms with Crippen molar-refractivity contribution in [1.82, 2.24) is 9.97 Å². The number of para-hydroxylation sites is 2. The first-order valence-electron chi connectivity index (χ1n) is 7.41. The Morgan fingerprint density at radius 3 is 2.77 bits per heavy atom. The molecule has 0 aliphatic rings. The number of nitrogens with one attached hydrogen (secondary N) is 1. The average Bonchev–Trinajstić information content (AvgIpc) is 3.05. The van der Waals surface area contributed by atoms with E-state index in [9.17, 15) is 14.0 Å². The fourth-order valence-corrected chi connectivity index (χ4v) is 2.69. The molecule has 0 bridgehead atoms. The van der Waals surface area contributed by atoms with Crippen LogP contribution in [0.1, 0.15) is 11.4 Å². The van der Waals surface area contributed by atoms with E-state index in [0.29, 0.717) is 11.4 Å². The van der Waals surface area contributed by atoms with Crippen molar-refractivity contribution >= 4 is 34.3 Å². The quantitative estimate of drug-likeness (QED) is 0.644. The van der Waals surface area contributed by atoms with Crippen LogP contribution in [-0.2, 0) is 0 Å². The number of hydrogen-bond acceptors (Lipinski definition) is 4. The molecule has 0 unspecified atom stereocenters. The van der Waals surface area contributed by atoms with Gasteiger partial charge >= 0.3 is 6.61 Å². The van der Waals surface area contributed by atoms with E-state index < -0.39 is 6.61 Å². The van der Waals surface area contributed by atoms with Crippen molar-refractivity contribution in [2.24, 2.45) is 0 Å². The van der Waals surface area contributed by atoms with Gasteiger partial charge in [0.1, 0.15) is 11.9 Å². The number of alkyl halides is 2. The van der Waals surface area contributed by atoms with Gasteiger partial charge in [-0.15, -0.1) is 0 Å². The lowest BCUT2D eigenvalue weighted by Gasteiger charge is -2.12. The molecule has 0 fully saturated rings. The number of aromatic nitrogens is 2. The predicted molar refractivity (Wildman–Crippen MR) is 94.2 cm³/mol. The third-order valence-electron chi connectivity index (χ3n) is 3.53. The Bertz CT molecular complexity index is 992. The van der Waals surface area contributed by atoms with E-state index in [2.05, 4.69) is 20.8 Å². The van der Waals surface area contributed by atoms with Gasteiger partial charge in [0.25, 0.3) is 0 Å². The number of halogens is 3. The molecule has 5 nitrogen and oxygen atoms in total. The average molecular weight is 376 g/mol. The zero-order valence-corrected chi connectivity index (χ0v) is 14.2. The van der Waals surface area contributed by atoms with E-state index in [0.717, 1.165) is 11.0 Å². The summed E-state index contributed by atoms with van der Waals surface area (Å²) in [5.41, 5.74) is 2.24. The van der Waals surface area contributed by atoms with Crippen LogP contribution in [0, 0.1) is 11.3 Å². The monoisotopic (exact) mass is 375 g/mol. The summed E-state index contributed by atoms with van der Waals surface area (Å²) < 4.78 is 34.4. The molecule has 8 heteroatoms. The van der Waals surface area contributed by atoms with Gasteiger partial charge < -0.3 is 14.5 Å². The molecule has 3 rings (SSSR count). The molecule has 3 aromatic rings. The summed E-state index contributed by atoms with van der Waals surface area (Å²) in [6, 6.07) is 12.3. The molecule has 0 spiro atoms. The van der Waals surface area contributed by atoms with Crippen LogP contribution >= 0.6 is 11.6 Å². The lowest BCUT2D eigenvalue weighted by Crippen LogP contribution is -2.04. The number of H-pyrrole nitrogens is 1. The van der Waals surface area contributed by atoms with Crippen LogP contribution in [0.3, 0.4) is 0 Å². The maximum absolute atomic E-state index is 12.5. The van der Waals surface area contributed by atoms with Crippen LogP contribution in [-0.4, -0.2) is 23.7 Å². The molecule has 2 aromatic carbocycles. The predicted octanol–water partition coefficient (Wildman–Crippen LogP) is 4.89. The molecule has 0 saturated carbocycles. The number of hydrogen-bond donors (Lipinski definition) is 1. The number of aromatic amines is 1. The lowest BCUT2D eigenvalue weighted by atomic mass is 10.1. The molecular formula is C18H12ClF2N3O2. The minimum absolute atomic E-state index is 0.0333. The highest BCUT2D eigenvalue weighted by molar-refractivity contribution is 6.32. The zero-order valence-electron chi connectivity index (χ0n) is 13.5. The maximum Gasteiger partial charge on any atom is 0.387 e. The first kappa shape index (κ1) is 17.7. The highest BCUT2D eigenvalue weighted by Gasteiger charge is 2.16. The number of fused-ring (bicyclic) bond motifs is 1. The Hall–Kier alpha value is -3.11. The second kappa shape index (κ2) is 7.42. The Balaban J connectivity index is 2.04. The molecule has 0 aliphatic heterocycles. The van der Waals surface area contributed by atoms with E-state index in [1.54, 1.807) is 0 Å². The van der Waals surface area contributed by atoms with Gasteiger partial charge in [-0.2, -0.15) is 14.0 Å². The molecule has 132 valence electrons. The summed E-state index contributed by atoms with van der Waals surface area (Å²) in [6.45, 7) is -3.03. The van der Waals surface area contributed by atoms with Crippen molar-refractivity contribution in [3.63, 3.8) is 0 Å². The van der Waals surface area contributed by atoms with Gasteiger partial charge in [-0.1, -0.05) is 23.7 Å². The molecule has 1 heterocycles. The molecule has 0 aliphatic carbocycles. The van der Waals surface area contributed by atoms with Gasteiger partial charge in [0, 0.05) is 0 Å². The normalized spacial score (nSPS) is 11.6. The summed E-state index contributed by atoms with van der Waals surface area (Å²) in [5.74, 6) is 0.159. The van der Waals surface area contributed by atoms with Crippen LogP contribution in [0.2, 0.25) is 5.02 Å². The summed E-state index contributed by atoms with van der Waals surface area (Å²) >= 11 is 6.02. The summed E-state index contributed by atoms with van der Waals surface area (Å²) in [7, 11) is 1.31. The van der Waals surface area contributed by atoms with Gasteiger partial charge in [0.05, 0.1) is 28.7 Å². The van der Waals surface area contributed by atoms with Crippen LogP contribution in [0.4, 0.5) is 8.78 Å². The first-order chi connectivity index (χ1) is 12.5. The zero-order chi connectivity index (χ0) is 18.7. The molecule has 0 atom stereocenters. The van der Waals surface area contributed by atoms with E-state index in [-0.39, 0.29) is 22.1 Å². The molecule has 0 amide bonds. The number of ether oxygens (including phenoxy) is 2. The molecule has 0 radical (unpaired) electrons. The van der Waals surface area contributed by atoms with E-state index in [1.807, 2.05) is 24.3 Å². The van der Waals surface area contributed by atoms with Gasteiger partial charge in [-0.25, -0.2) is 4.98 Å². The Morgan fingerprint density at radius 2 is 2.12 bits per heavy atom. The number of rotatable bonds is 5. The van der Waals surface area contributed by atoms with Crippen molar-refractivity contribution in [3.05, 3.63) is 52.8 Å². The number of nitrogens with zero attached hydrogens (tertiary/aromatic N) is 2. The Kier molecular flexibility index (Phi) is 5.05. The highest BCUT2D eigenvalue weighted by Crippen LogP contribution is 2.38. The van der Waals surface area contributed by atoms with E-state index >= 15 is 0 Å². The number of methoxy groups -OCH3 is 1. The number of imidazole rings is 1. The third-order valence-corrected chi connectivity index (χ3v) is 3.82. The molecule has 26 heavy (non-hydrogen) atoms. The summed E-state index contributed by atoms with van der Waals surface area (Å²) in [4.78, 5) is 7.43. The van der Waals surface area contributed by atoms with E-state index in [4.69, 9.17) is 16.3 Å². The third kappa shape index (κ3) is 3.60. The van der Waals surface area contributed by atoms with Crippen LogP contribution in [0.15, 0.2) is 36.4 Å². The van der Waals surface area contributed by atoms with Crippen molar-refractivity contribution in [2.75, 3.05) is 7.11 Å². The fourth-order valence-electron chi connectivity index (χ4n) is 2.43. The Labute approximate surface area is 152 Å². The minimum atomic E-state index is -3.03. The van der Waals surface area contributed by atoms with Gasteiger partial charge in [0.15, 0.2) is 11.5 Å². The van der Waals surface area contributed by atoms with Crippen molar-refractivity contribution < 1.29 is 18.3 Å². The smallest absolute Gasteiger partial charge is 0.387 e. The van der Waals surface area contributed by atoms with Crippen LogP contribution in [0.5, 0.6) is 11.5 Å². The molecular weight excluding hydrogens is 364 g/mol. The summed E-state index contributed by atoms with van der Waals surface area (Å²) in [5, 5.41) is 9.41. The number of allylic oxidation sites excluding steroid dienone is 1. The largest absolute Gasteiger partial charge is 0.493 e. The van der Waals surface area contributed by atoms with Gasteiger partial charge in [0.2, 0.25) is 0 Å². The van der Waals surface area contributed by atoms with Gasteiger partial charge in [-0.3, -0.25) is 0 Å². The van der Waals surface area contributed by atoms with Crippen molar-refractivity contribution in [2.45, 2.75) is 6.61 Å². The number of nitriles is 1. The maximum atomic E-state index is 12.5. The molecule has 1 N–H and O–H groups in total. The second-order valence-electron chi connectivity index (χ2n) is 5.18. The van der Waals surface area contributed by atoms with Crippen LogP contribution < -0.4 is 9.47 Å². The molecule has 0 saturated heterocycles. The minimum Gasteiger partial charge on any atom is -0.493 e. The second-order valence-corrected chi connectivity index (χ2v) is 5.59. The summed E-state index contributed by atoms with van der Waals surface area (Å²) in [6.07, 6.45) is 1.53. The van der Waals surface area contributed by atoms with Crippen molar-refractivity contribution in [3.8, 4) is 17.6 Å². The molecule has 1 aromatic heterocycles. The Morgan fingerprint density at radius 1 is 1.35 bits per heavy atom. The van der Waals surface area contributed by atoms with E-state index in [1.165, 1.54) is 25.3 Å². The standard InChI is InChI=1S/C18H12ClF2N3O2/c1-25-15-8-10(7-12(19)16(15)26-18(20)21)6-11(9-22)17-23-13-4-2-3-5-14(13)24-17/h2-8,18H,1H3,(H,23,24)/b11-6+. The topological polar surface area (TPSA) is 70.9 Å².